The van der Waals surface area contributed by atoms with Gasteiger partial charge in [0.1, 0.15) is 0 Å². The molecular weight excluding hydrogens is 256 g/mol. The highest BCUT2D eigenvalue weighted by atomic mass is 14.9. The van der Waals surface area contributed by atoms with Crippen molar-refractivity contribution < 1.29 is 0 Å². The van der Waals surface area contributed by atoms with Gasteiger partial charge in [0.05, 0.1) is 6.04 Å². The average Bonchev–Trinajstić information content (AvgIpc) is 3.38. The van der Waals surface area contributed by atoms with Crippen LogP contribution in [0.2, 0.25) is 0 Å². The summed E-state index contributed by atoms with van der Waals surface area (Å²) in [5, 5.41) is 6.19. The van der Waals surface area contributed by atoms with Gasteiger partial charge in [-0.25, -0.2) is 0 Å². The standard InChI is InChI=1S/C19H18N2/c1-2-5-15(6-3-1)19(16-9-10-16)21-18-8-4-7-14-11-12-20-13-17(14)18/h1-8,11-13,16,19,21H,9-10H2. The minimum absolute atomic E-state index is 0.400. The van der Waals surface area contributed by atoms with Crippen LogP contribution in [0.1, 0.15) is 24.4 Å². The highest BCUT2D eigenvalue weighted by Gasteiger charge is 2.32. The van der Waals surface area contributed by atoms with E-state index >= 15 is 0 Å². The molecule has 0 spiro atoms. The Hall–Kier alpha value is -2.35. The molecule has 4 rings (SSSR count). The quantitative estimate of drug-likeness (QED) is 0.739. The van der Waals surface area contributed by atoms with Crippen LogP contribution in [-0.2, 0) is 0 Å². The Morgan fingerprint density at radius 1 is 0.952 bits per heavy atom. The van der Waals surface area contributed by atoms with Crippen LogP contribution in [0.15, 0.2) is 67.0 Å². The molecule has 1 saturated carbocycles. The number of nitrogens with one attached hydrogen (secondary N) is 1. The van der Waals surface area contributed by atoms with Gasteiger partial charge in [-0.05, 0) is 41.8 Å². The largest absolute Gasteiger partial charge is 0.377 e. The van der Waals surface area contributed by atoms with Crippen LogP contribution in [0, 0.1) is 5.92 Å². The summed E-state index contributed by atoms with van der Waals surface area (Å²) >= 11 is 0. The number of pyridine rings is 1. The molecular formula is C19H18N2. The summed E-state index contributed by atoms with van der Waals surface area (Å²) < 4.78 is 0. The third-order valence-corrected chi connectivity index (χ3v) is 4.25. The van der Waals surface area contributed by atoms with Crippen molar-refractivity contribution in [2.45, 2.75) is 18.9 Å². The number of hydrogen-bond acceptors (Lipinski definition) is 2. The predicted molar refractivity (Wildman–Crippen MR) is 87.3 cm³/mol. The highest BCUT2D eigenvalue weighted by molar-refractivity contribution is 5.93. The fourth-order valence-corrected chi connectivity index (χ4v) is 2.97. The summed E-state index contributed by atoms with van der Waals surface area (Å²) in [5.41, 5.74) is 2.56. The summed E-state index contributed by atoms with van der Waals surface area (Å²) in [6.07, 6.45) is 6.43. The average molecular weight is 274 g/mol. The Bertz CT molecular complexity index is 742. The molecule has 1 aliphatic rings. The molecule has 0 aliphatic heterocycles. The van der Waals surface area contributed by atoms with E-state index in [9.17, 15) is 0 Å². The van der Waals surface area contributed by atoms with E-state index in [2.05, 4.69) is 64.9 Å². The van der Waals surface area contributed by atoms with Crippen molar-refractivity contribution in [3.63, 3.8) is 0 Å². The maximum absolute atomic E-state index is 4.27. The number of rotatable bonds is 4. The van der Waals surface area contributed by atoms with Gasteiger partial charge < -0.3 is 5.32 Å². The third kappa shape index (κ3) is 2.49. The Morgan fingerprint density at radius 3 is 2.62 bits per heavy atom. The van der Waals surface area contributed by atoms with Crippen molar-refractivity contribution in [2.24, 2.45) is 5.92 Å². The molecule has 1 aromatic heterocycles. The fourth-order valence-electron chi connectivity index (χ4n) is 2.97. The topological polar surface area (TPSA) is 24.9 Å². The first kappa shape index (κ1) is 12.4. The van der Waals surface area contributed by atoms with E-state index in [-0.39, 0.29) is 0 Å². The highest BCUT2D eigenvalue weighted by Crippen LogP contribution is 2.43. The van der Waals surface area contributed by atoms with Gasteiger partial charge in [-0.1, -0.05) is 42.5 Å². The zero-order valence-corrected chi connectivity index (χ0v) is 11.9. The van der Waals surface area contributed by atoms with E-state index < -0.39 is 0 Å². The minimum atomic E-state index is 0.400. The molecule has 21 heavy (non-hydrogen) atoms. The smallest absolute Gasteiger partial charge is 0.0542 e. The lowest BCUT2D eigenvalue weighted by Crippen LogP contribution is -2.13. The zero-order valence-electron chi connectivity index (χ0n) is 11.9. The van der Waals surface area contributed by atoms with Gasteiger partial charge in [-0.15, -0.1) is 0 Å². The summed E-state index contributed by atoms with van der Waals surface area (Å²) in [5.74, 6) is 0.749. The van der Waals surface area contributed by atoms with Gasteiger partial charge >= 0.3 is 0 Å². The molecule has 2 heteroatoms. The molecule has 1 fully saturated rings. The normalized spacial score (nSPS) is 15.8. The maximum atomic E-state index is 4.27. The van der Waals surface area contributed by atoms with E-state index in [0.717, 1.165) is 5.92 Å². The van der Waals surface area contributed by atoms with Gasteiger partial charge in [-0.2, -0.15) is 0 Å². The SMILES string of the molecule is c1ccc(C(Nc2cccc3ccncc23)C2CC2)cc1. The Morgan fingerprint density at radius 2 is 1.81 bits per heavy atom. The maximum Gasteiger partial charge on any atom is 0.0542 e. The number of hydrogen-bond donors (Lipinski definition) is 1. The fraction of sp³-hybridized carbons (Fsp3) is 0.211. The van der Waals surface area contributed by atoms with Crippen LogP contribution in [0.3, 0.4) is 0 Å². The molecule has 1 aliphatic carbocycles. The molecule has 1 atom stereocenters. The second-order valence-electron chi connectivity index (χ2n) is 5.77. The molecule has 2 aromatic carbocycles. The first-order chi connectivity index (χ1) is 10.4. The van der Waals surface area contributed by atoms with E-state index in [1.54, 1.807) is 0 Å². The van der Waals surface area contributed by atoms with E-state index in [4.69, 9.17) is 0 Å². The molecule has 0 amide bonds. The van der Waals surface area contributed by atoms with Crippen LogP contribution in [-0.4, -0.2) is 4.98 Å². The second-order valence-corrected chi connectivity index (χ2v) is 5.77. The van der Waals surface area contributed by atoms with Crippen LogP contribution in [0.4, 0.5) is 5.69 Å². The molecule has 1 N–H and O–H groups in total. The zero-order chi connectivity index (χ0) is 14.1. The molecule has 104 valence electrons. The Kier molecular flexibility index (Phi) is 3.07. The van der Waals surface area contributed by atoms with E-state index in [1.165, 1.54) is 34.9 Å². The lowest BCUT2D eigenvalue weighted by atomic mass is 10.0. The van der Waals surface area contributed by atoms with Gasteiger partial charge in [0.2, 0.25) is 0 Å². The van der Waals surface area contributed by atoms with Crippen LogP contribution in [0.25, 0.3) is 10.8 Å². The van der Waals surface area contributed by atoms with Crippen molar-refractivity contribution in [3.05, 3.63) is 72.6 Å². The van der Waals surface area contributed by atoms with Crippen molar-refractivity contribution in [1.29, 1.82) is 0 Å². The van der Waals surface area contributed by atoms with Crippen molar-refractivity contribution >= 4 is 16.5 Å². The Labute approximate surface area is 124 Å². The molecule has 0 bridgehead atoms. The van der Waals surface area contributed by atoms with Gasteiger partial charge in [0.15, 0.2) is 0 Å². The minimum Gasteiger partial charge on any atom is -0.377 e. The van der Waals surface area contributed by atoms with Gasteiger partial charge in [0, 0.05) is 23.5 Å². The van der Waals surface area contributed by atoms with Crippen molar-refractivity contribution in [2.75, 3.05) is 5.32 Å². The molecule has 0 saturated heterocycles. The first-order valence-electron chi connectivity index (χ1n) is 7.56. The number of benzene rings is 2. The monoisotopic (exact) mass is 274 g/mol. The van der Waals surface area contributed by atoms with E-state index in [1.807, 2.05) is 12.4 Å². The summed E-state index contributed by atoms with van der Waals surface area (Å²) in [6, 6.07) is 19.6. The number of anilines is 1. The van der Waals surface area contributed by atoms with Gasteiger partial charge in [0.25, 0.3) is 0 Å². The lowest BCUT2D eigenvalue weighted by molar-refractivity contribution is 0.680. The molecule has 2 nitrogen and oxygen atoms in total. The molecule has 1 unspecified atom stereocenters. The summed E-state index contributed by atoms with van der Waals surface area (Å²) in [7, 11) is 0. The molecule has 3 aromatic rings. The number of nitrogens with zero attached hydrogens (tertiary/aromatic N) is 1. The second kappa shape index (κ2) is 5.21. The van der Waals surface area contributed by atoms with Crippen molar-refractivity contribution in [1.82, 2.24) is 4.98 Å². The van der Waals surface area contributed by atoms with Crippen LogP contribution >= 0.6 is 0 Å². The van der Waals surface area contributed by atoms with Crippen molar-refractivity contribution in [3.8, 4) is 0 Å². The molecule has 1 heterocycles. The predicted octanol–water partition coefficient (Wildman–Crippen LogP) is 4.80. The lowest BCUT2D eigenvalue weighted by Gasteiger charge is -2.21. The first-order valence-corrected chi connectivity index (χ1v) is 7.56. The Balaban J connectivity index is 1.72. The number of aromatic nitrogens is 1. The third-order valence-electron chi connectivity index (χ3n) is 4.25. The summed E-state index contributed by atoms with van der Waals surface area (Å²) in [4.78, 5) is 4.27. The van der Waals surface area contributed by atoms with Crippen LogP contribution < -0.4 is 5.32 Å². The van der Waals surface area contributed by atoms with Crippen LogP contribution in [0.5, 0.6) is 0 Å². The number of fused-ring (bicyclic) bond motifs is 1. The summed E-state index contributed by atoms with van der Waals surface area (Å²) in [6.45, 7) is 0. The molecule has 0 radical (unpaired) electrons. The van der Waals surface area contributed by atoms with Gasteiger partial charge in [-0.3, -0.25) is 4.98 Å². The van der Waals surface area contributed by atoms with E-state index in [0.29, 0.717) is 6.04 Å².